The highest BCUT2D eigenvalue weighted by Crippen LogP contribution is 2.16. The van der Waals surface area contributed by atoms with Gasteiger partial charge in [-0.1, -0.05) is 18.2 Å². The monoisotopic (exact) mass is 352 g/mol. The van der Waals surface area contributed by atoms with Crippen LogP contribution >= 0.6 is 0 Å². The maximum absolute atomic E-state index is 12.7. The molecule has 6 nitrogen and oxygen atoms in total. The number of carbonyl (C=O) groups excluding carboxylic acids is 2. The fourth-order valence-electron chi connectivity index (χ4n) is 3.02. The van der Waals surface area contributed by atoms with Crippen LogP contribution in [0.3, 0.4) is 0 Å². The van der Waals surface area contributed by atoms with Gasteiger partial charge in [0.25, 0.3) is 5.91 Å². The molecule has 0 aliphatic carbocycles. The Kier molecular flexibility index (Phi) is 5.53. The Morgan fingerprint density at radius 1 is 0.962 bits per heavy atom. The van der Waals surface area contributed by atoms with Gasteiger partial charge in [0.2, 0.25) is 0 Å². The van der Waals surface area contributed by atoms with E-state index in [1.807, 2.05) is 35.2 Å². The minimum Gasteiger partial charge on any atom is -0.333 e. The van der Waals surface area contributed by atoms with Crippen LogP contribution in [-0.2, 0) is 0 Å². The lowest BCUT2D eigenvalue weighted by Gasteiger charge is -2.38. The van der Waals surface area contributed by atoms with Gasteiger partial charge < -0.3 is 20.9 Å². The topological polar surface area (TPSA) is 73.5 Å². The number of para-hydroxylation sites is 1. The molecule has 1 aliphatic heterocycles. The lowest BCUT2D eigenvalue weighted by molar-refractivity contribution is 0.0603. The van der Waals surface area contributed by atoms with Crippen LogP contribution in [-0.4, -0.2) is 42.0 Å². The highest BCUT2D eigenvalue weighted by atomic mass is 16.2. The molecule has 2 atom stereocenters. The van der Waals surface area contributed by atoms with Crippen LogP contribution in [0, 0.1) is 0 Å². The summed E-state index contributed by atoms with van der Waals surface area (Å²) >= 11 is 0. The number of benzene rings is 2. The van der Waals surface area contributed by atoms with E-state index in [0.29, 0.717) is 17.8 Å². The van der Waals surface area contributed by atoms with E-state index in [2.05, 4.69) is 29.8 Å². The molecule has 1 heterocycles. The molecular formula is C20H24N4O2. The number of anilines is 2. The van der Waals surface area contributed by atoms with Gasteiger partial charge in [0.1, 0.15) is 0 Å². The largest absolute Gasteiger partial charge is 0.333 e. The van der Waals surface area contributed by atoms with E-state index in [0.717, 1.165) is 12.2 Å². The quantitative estimate of drug-likeness (QED) is 0.794. The second-order valence-corrected chi connectivity index (χ2v) is 6.50. The number of nitrogens with one attached hydrogen (secondary N) is 3. The molecular weight excluding hydrogens is 328 g/mol. The predicted molar refractivity (Wildman–Crippen MR) is 103 cm³/mol. The van der Waals surface area contributed by atoms with Gasteiger partial charge in [-0.05, 0) is 50.2 Å². The molecule has 0 spiro atoms. The molecule has 3 N–H and O–H groups in total. The Balaban J connectivity index is 1.61. The number of rotatable bonds is 3. The van der Waals surface area contributed by atoms with Crippen LogP contribution in [0.4, 0.5) is 16.2 Å². The number of hydrogen-bond donors (Lipinski definition) is 3. The summed E-state index contributed by atoms with van der Waals surface area (Å²) in [5.41, 5.74) is 1.98. The molecule has 6 heteroatoms. The van der Waals surface area contributed by atoms with Crippen molar-refractivity contribution in [2.75, 3.05) is 23.7 Å². The average Bonchev–Trinajstić information content (AvgIpc) is 2.65. The molecule has 0 saturated carbocycles. The van der Waals surface area contributed by atoms with E-state index in [1.54, 1.807) is 24.3 Å². The molecule has 2 aromatic rings. The SMILES string of the molecule is CC1NCCN(C(=O)c2ccc(NC(=O)Nc3ccccc3)cc2)C1C. The zero-order valence-electron chi connectivity index (χ0n) is 15.0. The van der Waals surface area contributed by atoms with Gasteiger partial charge in [-0.25, -0.2) is 4.79 Å². The lowest BCUT2D eigenvalue weighted by Crippen LogP contribution is -2.57. The zero-order valence-corrected chi connectivity index (χ0v) is 15.0. The van der Waals surface area contributed by atoms with Crippen LogP contribution in [0.1, 0.15) is 24.2 Å². The summed E-state index contributed by atoms with van der Waals surface area (Å²) in [6, 6.07) is 16.3. The molecule has 1 aliphatic rings. The number of hydrogen-bond acceptors (Lipinski definition) is 3. The summed E-state index contributed by atoms with van der Waals surface area (Å²) in [7, 11) is 0. The van der Waals surface area contributed by atoms with Gasteiger partial charge in [-0.15, -0.1) is 0 Å². The van der Waals surface area contributed by atoms with E-state index >= 15 is 0 Å². The Morgan fingerprint density at radius 2 is 1.58 bits per heavy atom. The molecule has 1 saturated heterocycles. The van der Waals surface area contributed by atoms with Crippen LogP contribution in [0.15, 0.2) is 54.6 Å². The third-order valence-corrected chi connectivity index (χ3v) is 4.72. The minimum absolute atomic E-state index is 0.0196. The average molecular weight is 352 g/mol. The van der Waals surface area contributed by atoms with Crippen LogP contribution < -0.4 is 16.0 Å². The van der Waals surface area contributed by atoms with Crippen LogP contribution in [0.5, 0.6) is 0 Å². The van der Waals surface area contributed by atoms with Gasteiger partial charge in [0, 0.05) is 42.1 Å². The molecule has 0 bridgehead atoms. The first-order chi connectivity index (χ1) is 12.5. The molecule has 0 aromatic heterocycles. The fourth-order valence-corrected chi connectivity index (χ4v) is 3.02. The van der Waals surface area contributed by atoms with Crippen LogP contribution in [0.2, 0.25) is 0 Å². The number of piperazine rings is 1. The second-order valence-electron chi connectivity index (χ2n) is 6.50. The Labute approximate surface area is 153 Å². The predicted octanol–water partition coefficient (Wildman–Crippen LogP) is 3.15. The third kappa shape index (κ3) is 4.21. The molecule has 3 amide bonds. The standard InChI is InChI=1S/C20H24N4O2/c1-14-15(2)24(13-12-21-14)19(25)16-8-10-18(11-9-16)23-20(26)22-17-6-4-3-5-7-17/h3-11,14-15,21H,12-13H2,1-2H3,(H2,22,23,26). The molecule has 2 unspecified atom stereocenters. The maximum atomic E-state index is 12.7. The highest BCUT2D eigenvalue weighted by Gasteiger charge is 2.28. The molecule has 2 aromatic carbocycles. The van der Waals surface area contributed by atoms with Crippen molar-refractivity contribution < 1.29 is 9.59 Å². The summed E-state index contributed by atoms with van der Waals surface area (Å²) in [6.07, 6.45) is 0. The first kappa shape index (κ1) is 17.9. The second kappa shape index (κ2) is 8.01. The third-order valence-electron chi connectivity index (χ3n) is 4.72. The molecule has 136 valence electrons. The van der Waals surface area contributed by atoms with Gasteiger partial charge in [-0.2, -0.15) is 0 Å². The van der Waals surface area contributed by atoms with Crippen LogP contribution in [0.25, 0.3) is 0 Å². The number of urea groups is 1. The molecule has 1 fully saturated rings. The molecule has 0 radical (unpaired) electrons. The maximum Gasteiger partial charge on any atom is 0.323 e. The van der Waals surface area contributed by atoms with Crippen molar-refractivity contribution >= 4 is 23.3 Å². The van der Waals surface area contributed by atoms with Crippen molar-refractivity contribution in [2.45, 2.75) is 25.9 Å². The van der Waals surface area contributed by atoms with Gasteiger partial charge >= 0.3 is 6.03 Å². The first-order valence-electron chi connectivity index (χ1n) is 8.82. The van der Waals surface area contributed by atoms with Crippen molar-refractivity contribution in [1.29, 1.82) is 0 Å². The smallest absolute Gasteiger partial charge is 0.323 e. The zero-order chi connectivity index (χ0) is 18.5. The number of carbonyl (C=O) groups is 2. The normalized spacial score (nSPS) is 19.7. The van der Waals surface area contributed by atoms with E-state index in [-0.39, 0.29) is 24.0 Å². The summed E-state index contributed by atoms with van der Waals surface area (Å²) in [4.78, 5) is 26.6. The summed E-state index contributed by atoms with van der Waals surface area (Å²) < 4.78 is 0. The highest BCUT2D eigenvalue weighted by molar-refractivity contribution is 6.00. The van der Waals surface area contributed by atoms with E-state index in [9.17, 15) is 9.59 Å². The van der Waals surface area contributed by atoms with E-state index in [4.69, 9.17) is 0 Å². The molecule has 3 rings (SSSR count). The van der Waals surface area contributed by atoms with Crippen molar-refractivity contribution in [3.05, 3.63) is 60.2 Å². The number of nitrogens with zero attached hydrogens (tertiary/aromatic N) is 1. The van der Waals surface area contributed by atoms with Crippen molar-refractivity contribution in [3.63, 3.8) is 0 Å². The van der Waals surface area contributed by atoms with Gasteiger partial charge in [0.05, 0.1) is 0 Å². The van der Waals surface area contributed by atoms with E-state index < -0.39 is 0 Å². The Bertz CT molecular complexity index is 761. The van der Waals surface area contributed by atoms with Crippen molar-refractivity contribution in [2.24, 2.45) is 0 Å². The van der Waals surface area contributed by atoms with E-state index in [1.165, 1.54) is 0 Å². The lowest BCUT2D eigenvalue weighted by atomic mass is 10.1. The number of amides is 3. The first-order valence-corrected chi connectivity index (χ1v) is 8.82. The Morgan fingerprint density at radius 3 is 2.23 bits per heavy atom. The minimum atomic E-state index is -0.320. The fraction of sp³-hybridized carbons (Fsp3) is 0.300. The van der Waals surface area contributed by atoms with Crippen molar-refractivity contribution in [1.82, 2.24) is 10.2 Å². The summed E-state index contributed by atoms with van der Waals surface area (Å²) in [5.74, 6) is 0.0196. The summed E-state index contributed by atoms with van der Waals surface area (Å²) in [6.45, 7) is 5.64. The Hall–Kier alpha value is -2.86. The summed E-state index contributed by atoms with van der Waals surface area (Å²) in [5, 5.41) is 8.90. The van der Waals surface area contributed by atoms with Gasteiger partial charge in [-0.3, -0.25) is 4.79 Å². The van der Waals surface area contributed by atoms with Crippen molar-refractivity contribution in [3.8, 4) is 0 Å². The van der Waals surface area contributed by atoms with Gasteiger partial charge in [0.15, 0.2) is 0 Å². The molecule has 26 heavy (non-hydrogen) atoms.